The van der Waals surface area contributed by atoms with Gasteiger partial charge in [0.05, 0.1) is 5.69 Å². The minimum absolute atomic E-state index is 0.0630. The number of aromatic nitrogens is 1. The Balaban J connectivity index is 2.93. The Labute approximate surface area is 115 Å². The SMILES string of the molecule is CCCC(N)c1csc(C(CC)(CC)OCC)n1. The van der Waals surface area contributed by atoms with Crippen molar-refractivity contribution in [1.29, 1.82) is 0 Å². The molecule has 0 saturated heterocycles. The lowest BCUT2D eigenvalue weighted by molar-refractivity contribution is -0.0507. The van der Waals surface area contributed by atoms with E-state index in [1.165, 1.54) is 0 Å². The van der Waals surface area contributed by atoms with Crippen molar-refractivity contribution < 1.29 is 4.74 Å². The van der Waals surface area contributed by atoms with Gasteiger partial charge in [-0.25, -0.2) is 4.98 Å². The summed E-state index contributed by atoms with van der Waals surface area (Å²) in [6, 6.07) is 0.0630. The number of thiazole rings is 1. The minimum Gasteiger partial charge on any atom is -0.368 e. The van der Waals surface area contributed by atoms with Gasteiger partial charge in [0.2, 0.25) is 0 Å². The number of rotatable bonds is 8. The number of nitrogens with two attached hydrogens (primary N) is 1. The van der Waals surface area contributed by atoms with E-state index in [1.807, 2.05) is 6.92 Å². The molecule has 1 rings (SSSR count). The maximum Gasteiger partial charge on any atom is 0.125 e. The van der Waals surface area contributed by atoms with Crippen LogP contribution < -0.4 is 5.73 Å². The largest absolute Gasteiger partial charge is 0.368 e. The fourth-order valence-corrected chi connectivity index (χ4v) is 3.40. The molecule has 0 aromatic carbocycles. The second kappa shape index (κ2) is 7.22. The first-order valence-electron chi connectivity index (χ1n) is 6.98. The Morgan fingerprint density at radius 3 is 2.50 bits per heavy atom. The van der Waals surface area contributed by atoms with Crippen LogP contribution in [0.1, 0.15) is 70.1 Å². The van der Waals surface area contributed by atoms with Gasteiger partial charge in [0.25, 0.3) is 0 Å². The fourth-order valence-electron chi connectivity index (χ4n) is 2.22. The molecule has 1 aromatic rings. The van der Waals surface area contributed by atoms with E-state index < -0.39 is 0 Å². The summed E-state index contributed by atoms with van der Waals surface area (Å²) in [5.74, 6) is 0. The van der Waals surface area contributed by atoms with Gasteiger partial charge in [0, 0.05) is 18.0 Å². The third kappa shape index (κ3) is 3.31. The van der Waals surface area contributed by atoms with Crippen LogP contribution >= 0.6 is 11.3 Å². The average molecular weight is 270 g/mol. The summed E-state index contributed by atoms with van der Waals surface area (Å²) in [4.78, 5) is 4.73. The smallest absolute Gasteiger partial charge is 0.125 e. The highest BCUT2D eigenvalue weighted by molar-refractivity contribution is 7.09. The van der Waals surface area contributed by atoms with E-state index >= 15 is 0 Å². The molecule has 0 aliphatic carbocycles. The van der Waals surface area contributed by atoms with Crippen molar-refractivity contribution in [3.63, 3.8) is 0 Å². The standard InChI is InChI=1S/C14H26N2OS/c1-5-9-11(15)12-10-18-13(16-12)14(6-2,7-3)17-8-4/h10-11H,5-9,15H2,1-4H3. The predicted molar refractivity (Wildman–Crippen MR) is 77.8 cm³/mol. The average Bonchev–Trinajstić information content (AvgIpc) is 2.86. The first-order valence-corrected chi connectivity index (χ1v) is 7.86. The van der Waals surface area contributed by atoms with Crippen molar-refractivity contribution in [3.05, 3.63) is 16.1 Å². The number of hydrogen-bond acceptors (Lipinski definition) is 4. The summed E-state index contributed by atoms with van der Waals surface area (Å²) >= 11 is 1.68. The molecule has 1 aromatic heterocycles. The number of nitrogens with zero attached hydrogens (tertiary/aromatic N) is 1. The molecule has 104 valence electrons. The maximum atomic E-state index is 6.12. The molecule has 18 heavy (non-hydrogen) atoms. The van der Waals surface area contributed by atoms with Crippen LogP contribution in [0.2, 0.25) is 0 Å². The minimum atomic E-state index is -0.219. The third-order valence-corrected chi connectivity index (χ3v) is 4.50. The molecule has 4 heteroatoms. The maximum absolute atomic E-state index is 6.12. The van der Waals surface area contributed by atoms with E-state index in [9.17, 15) is 0 Å². The molecular weight excluding hydrogens is 244 g/mol. The summed E-state index contributed by atoms with van der Waals surface area (Å²) < 4.78 is 5.97. The van der Waals surface area contributed by atoms with Crippen LogP contribution in [0.5, 0.6) is 0 Å². The first-order chi connectivity index (χ1) is 8.63. The van der Waals surface area contributed by atoms with Crippen LogP contribution in [0.15, 0.2) is 5.38 Å². The Morgan fingerprint density at radius 1 is 1.33 bits per heavy atom. The highest BCUT2D eigenvalue weighted by Gasteiger charge is 2.32. The van der Waals surface area contributed by atoms with Crippen LogP contribution in [-0.4, -0.2) is 11.6 Å². The molecule has 3 nitrogen and oxygen atoms in total. The quantitative estimate of drug-likeness (QED) is 0.777. The van der Waals surface area contributed by atoms with Crippen LogP contribution in [0, 0.1) is 0 Å². The van der Waals surface area contributed by atoms with Gasteiger partial charge in [-0.2, -0.15) is 0 Å². The highest BCUT2D eigenvalue weighted by Crippen LogP contribution is 2.36. The number of ether oxygens (including phenoxy) is 1. The Morgan fingerprint density at radius 2 is 2.00 bits per heavy atom. The van der Waals surface area contributed by atoms with Crippen molar-refractivity contribution in [1.82, 2.24) is 4.98 Å². The van der Waals surface area contributed by atoms with Gasteiger partial charge < -0.3 is 10.5 Å². The molecule has 0 spiro atoms. The lowest BCUT2D eigenvalue weighted by atomic mass is 9.98. The van der Waals surface area contributed by atoms with Gasteiger partial charge in [0.1, 0.15) is 10.6 Å². The zero-order valence-corrected chi connectivity index (χ0v) is 12.8. The summed E-state index contributed by atoms with van der Waals surface area (Å²) in [6.45, 7) is 9.23. The fraction of sp³-hybridized carbons (Fsp3) is 0.786. The Hall–Kier alpha value is -0.450. The molecule has 2 N–H and O–H groups in total. The zero-order chi connectivity index (χ0) is 13.6. The van der Waals surface area contributed by atoms with Gasteiger partial charge >= 0.3 is 0 Å². The van der Waals surface area contributed by atoms with Gasteiger partial charge in [-0.1, -0.05) is 27.2 Å². The van der Waals surface area contributed by atoms with E-state index in [1.54, 1.807) is 11.3 Å². The molecule has 0 saturated carbocycles. The second-order valence-electron chi connectivity index (χ2n) is 4.61. The summed E-state index contributed by atoms with van der Waals surface area (Å²) in [7, 11) is 0. The van der Waals surface area contributed by atoms with Crippen LogP contribution in [0.25, 0.3) is 0 Å². The second-order valence-corrected chi connectivity index (χ2v) is 5.47. The van der Waals surface area contributed by atoms with Gasteiger partial charge in [-0.3, -0.25) is 0 Å². The summed E-state index contributed by atoms with van der Waals surface area (Å²) in [5, 5.41) is 3.17. The van der Waals surface area contributed by atoms with Crippen molar-refractivity contribution in [2.24, 2.45) is 5.73 Å². The highest BCUT2D eigenvalue weighted by atomic mass is 32.1. The lowest BCUT2D eigenvalue weighted by Crippen LogP contribution is -2.28. The number of hydrogen-bond donors (Lipinski definition) is 1. The van der Waals surface area contributed by atoms with Gasteiger partial charge in [-0.15, -0.1) is 11.3 Å². The van der Waals surface area contributed by atoms with Crippen LogP contribution in [0.4, 0.5) is 0 Å². The van der Waals surface area contributed by atoms with Crippen molar-refractivity contribution in [2.45, 2.75) is 65.0 Å². The van der Waals surface area contributed by atoms with E-state index in [-0.39, 0.29) is 11.6 Å². The van der Waals surface area contributed by atoms with E-state index in [4.69, 9.17) is 15.5 Å². The Kier molecular flexibility index (Phi) is 6.26. The summed E-state index contributed by atoms with van der Waals surface area (Å²) in [6.07, 6.45) is 3.98. The molecular formula is C14H26N2OS. The molecule has 0 amide bonds. The summed E-state index contributed by atoms with van der Waals surface area (Å²) in [5.41, 5.74) is 6.92. The van der Waals surface area contributed by atoms with Gasteiger partial charge in [0.15, 0.2) is 0 Å². The van der Waals surface area contributed by atoms with E-state index in [0.717, 1.165) is 43.0 Å². The molecule has 1 heterocycles. The predicted octanol–water partition coefficient (Wildman–Crippen LogP) is 3.99. The molecule has 0 aliphatic rings. The molecule has 1 unspecified atom stereocenters. The van der Waals surface area contributed by atoms with Gasteiger partial charge in [-0.05, 0) is 26.2 Å². The van der Waals surface area contributed by atoms with E-state index in [0.29, 0.717) is 0 Å². The van der Waals surface area contributed by atoms with Crippen molar-refractivity contribution in [2.75, 3.05) is 6.61 Å². The molecule has 0 fully saturated rings. The molecule has 0 bridgehead atoms. The van der Waals surface area contributed by atoms with Crippen LogP contribution in [0.3, 0.4) is 0 Å². The Bertz CT molecular complexity index is 347. The van der Waals surface area contributed by atoms with E-state index in [2.05, 4.69) is 26.2 Å². The van der Waals surface area contributed by atoms with Crippen molar-refractivity contribution >= 4 is 11.3 Å². The van der Waals surface area contributed by atoms with Crippen LogP contribution in [-0.2, 0) is 10.3 Å². The lowest BCUT2D eigenvalue weighted by Gasteiger charge is -2.29. The normalized spacial score (nSPS) is 13.8. The topological polar surface area (TPSA) is 48.1 Å². The first kappa shape index (κ1) is 15.6. The third-order valence-electron chi connectivity index (χ3n) is 3.45. The zero-order valence-electron chi connectivity index (χ0n) is 12.0. The molecule has 0 aliphatic heterocycles. The molecule has 0 radical (unpaired) electrons. The monoisotopic (exact) mass is 270 g/mol. The molecule has 1 atom stereocenters. The van der Waals surface area contributed by atoms with Crippen molar-refractivity contribution in [3.8, 4) is 0 Å².